The molecule has 13 nitrogen and oxygen atoms in total. The zero-order valence-electron chi connectivity index (χ0n) is 24.2. The number of aliphatic hydroxyl groups excluding tert-OH is 2. The maximum Gasteiger partial charge on any atom is 0.231 e. The minimum atomic E-state index is -1.38. The lowest BCUT2D eigenvalue weighted by molar-refractivity contribution is -0.364. The Morgan fingerprint density at radius 2 is 1.51 bits per heavy atom. The second-order valence-electron chi connectivity index (χ2n) is 11.3. The normalized spacial score (nSPS) is 37.8. The Morgan fingerprint density at radius 1 is 0.814 bits per heavy atom. The van der Waals surface area contributed by atoms with Gasteiger partial charge in [0.15, 0.2) is 41.9 Å². The van der Waals surface area contributed by atoms with Crippen LogP contribution in [0, 0.1) is 11.8 Å². The highest BCUT2D eigenvalue weighted by Gasteiger charge is 2.55. The maximum atomic E-state index is 11.1. The Bertz CT molecular complexity index is 1320. The summed E-state index contributed by atoms with van der Waals surface area (Å²) in [6.45, 7) is 2.27. The number of methoxy groups -OCH3 is 3. The zero-order chi connectivity index (χ0) is 30.0. The summed E-state index contributed by atoms with van der Waals surface area (Å²) in [5, 5.41) is 32.8. The number of rotatable bonds is 6. The number of aromatic hydroxyl groups is 1. The molecule has 0 radical (unpaired) electrons. The van der Waals surface area contributed by atoms with Gasteiger partial charge in [-0.2, -0.15) is 0 Å². The van der Waals surface area contributed by atoms with Crippen LogP contribution < -0.4 is 18.9 Å². The molecule has 3 fully saturated rings. The second-order valence-corrected chi connectivity index (χ2v) is 11.3. The van der Waals surface area contributed by atoms with Crippen molar-refractivity contribution in [2.24, 2.45) is 11.8 Å². The third-order valence-electron chi connectivity index (χ3n) is 9.11. The summed E-state index contributed by atoms with van der Waals surface area (Å²) in [6.07, 6.45) is -7.00. The van der Waals surface area contributed by atoms with Gasteiger partial charge in [-0.25, -0.2) is 0 Å². The van der Waals surface area contributed by atoms with E-state index < -0.39 is 49.4 Å². The van der Waals surface area contributed by atoms with Gasteiger partial charge in [0, 0.05) is 24.9 Å². The number of phenols is 1. The van der Waals surface area contributed by atoms with E-state index in [0.29, 0.717) is 11.5 Å². The molecule has 4 aliphatic heterocycles. The molecule has 2 aromatic carbocycles. The Hall–Kier alpha value is -2.88. The predicted octanol–water partition coefficient (Wildman–Crippen LogP) is 1.78. The molecule has 7 unspecified atom stereocenters. The number of ether oxygens (including phenoxy) is 10. The van der Waals surface area contributed by atoms with Gasteiger partial charge in [-0.15, -0.1) is 0 Å². The molecule has 0 aromatic heterocycles. The smallest absolute Gasteiger partial charge is 0.231 e. The molecule has 13 heteroatoms. The number of hydrogen-bond donors (Lipinski definition) is 3. The summed E-state index contributed by atoms with van der Waals surface area (Å²) in [6, 6.07) is 7.34. The topological polar surface area (TPSA) is 153 Å². The van der Waals surface area contributed by atoms with Crippen LogP contribution in [-0.4, -0.2) is 99.9 Å². The van der Waals surface area contributed by atoms with E-state index in [1.54, 1.807) is 26.2 Å². The van der Waals surface area contributed by atoms with E-state index in [-0.39, 0.29) is 55.0 Å². The van der Waals surface area contributed by atoms with E-state index in [2.05, 4.69) is 0 Å². The number of aliphatic hydroxyl groups is 2. The summed E-state index contributed by atoms with van der Waals surface area (Å²) >= 11 is 0. The van der Waals surface area contributed by atoms with Gasteiger partial charge in [0.2, 0.25) is 12.5 Å². The van der Waals surface area contributed by atoms with Crippen LogP contribution in [0.2, 0.25) is 0 Å². The fraction of sp³-hybridized carbons (Fsp3) is 0.600. The fourth-order valence-corrected chi connectivity index (χ4v) is 7.10. The lowest BCUT2D eigenvalue weighted by atomic mass is 9.65. The summed E-state index contributed by atoms with van der Waals surface area (Å²) < 4.78 is 58.5. The zero-order valence-corrected chi connectivity index (χ0v) is 24.2. The monoisotopic (exact) mass is 604 g/mol. The predicted molar refractivity (Wildman–Crippen MR) is 144 cm³/mol. The molecule has 0 bridgehead atoms. The summed E-state index contributed by atoms with van der Waals surface area (Å²) in [5.41, 5.74) is 2.42. The molecule has 5 aliphatic rings. The number of phenolic OH excluding ortho intramolecular Hbond substituents is 1. The summed E-state index contributed by atoms with van der Waals surface area (Å²) in [5.74, 6) is 0.635. The van der Waals surface area contributed by atoms with Gasteiger partial charge in [-0.05, 0) is 47.9 Å². The first-order valence-corrected chi connectivity index (χ1v) is 14.3. The van der Waals surface area contributed by atoms with Crippen LogP contribution in [0.15, 0.2) is 24.3 Å². The molecule has 7 rings (SSSR count). The first kappa shape index (κ1) is 28.9. The van der Waals surface area contributed by atoms with Gasteiger partial charge in [0.1, 0.15) is 24.4 Å². The molecule has 2 aromatic rings. The molecule has 1 aliphatic carbocycles. The Kier molecular flexibility index (Phi) is 7.54. The highest BCUT2D eigenvalue weighted by atomic mass is 16.8. The van der Waals surface area contributed by atoms with Crippen LogP contribution >= 0.6 is 0 Å². The second kappa shape index (κ2) is 11.2. The average molecular weight is 605 g/mol. The van der Waals surface area contributed by atoms with Crippen LogP contribution in [0.5, 0.6) is 28.7 Å². The van der Waals surface area contributed by atoms with E-state index in [0.717, 1.165) is 16.7 Å². The van der Waals surface area contributed by atoms with Crippen LogP contribution in [0.25, 0.3) is 0 Å². The van der Waals surface area contributed by atoms with Gasteiger partial charge in [0.25, 0.3) is 0 Å². The van der Waals surface area contributed by atoms with Crippen molar-refractivity contribution in [1.29, 1.82) is 0 Å². The Labute approximate surface area is 248 Å². The van der Waals surface area contributed by atoms with Crippen molar-refractivity contribution in [3.63, 3.8) is 0 Å². The maximum absolute atomic E-state index is 11.1. The van der Waals surface area contributed by atoms with E-state index in [4.69, 9.17) is 47.4 Å². The molecular weight excluding hydrogens is 568 g/mol. The van der Waals surface area contributed by atoms with Crippen molar-refractivity contribution in [2.75, 3.05) is 41.3 Å². The minimum Gasteiger partial charge on any atom is -0.502 e. The van der Waals surface area contributed by atoms with E-state index in [1.807, 2.05) is 12.1 Å². The van der Waals surface area contributed by atoms with Gasteiger partial charge < -0.3 is 62.7 Å². The molecule has 234 valence electrons. The molecule has 0 saturated carbocycles. The SMILES string of the molecule is COc1cc([C@@H]2c3cc4c(cc3[C@@H](OC3OC5COC(C)OC5C(O)C3O)[C@H]3COC(OC)[C@H]23)OCO4)cc(OC)c1O. The van der Waals surface area contributed by atoms with Crippen molar-refractivity contribution in [1.82, 2.24) is 0 Å². The van der Waals surface area contributed by atoms with Crippen molar-refractivity contribution < 1.29 is 62.7 Å². The third kappa shape index (κ3) is 4.70. The lowest BCUT2D eigenvalue weighted by Crippen LogP contribution is -2.63. The van der Waals surface area contributed by atoms with Crippen LogP contribution in [-0.2, 0) is 28.4 Å². The van der Waals surface area contributed by atoms with Gasteiger partial charge >= 0.3 is 0 Å². The molecule has 3 saturated heterocycles. The Morgan fingerprint density at radius 3 is 2.19 bits per heavy atom. The first-order chi connectivity index (χ1) is 20.8. The van der Waals surface area contributed by atoms with E-state index in [9.17, 15) is 15.3 Å². The third-order valence-corrected chi connectivity index (χ3v) is 9.11. The number of benzene rings is 2. The molecule has 11 atom stereocenters. The molecule has 3 N–H and O–H groups in total. The summed E-state index contributed by atoms with van der Waals surface area (Å²) in [4.78, 5) is 0. The first-order valence-electron chi connectivity index (χ1n) is 14.3. The standard InChI is InChI=1S/C30H36O13/c1-12-37-10-21-28(41-12)25(32)26(33)30(42-21)43-27-15-8-18-17(39-11-40-18)7-14(15)22(23-16(27)9-38-29(23)36-4)13-5-19(34-2)24(31)20(6-13)35-3/h5-8,12,16,21-23,25-33H,9-11H2,1-4H3/t12?,16-,21?,22+,23-,25?,26?,27+,28?,29?,30?/m0/s1. The van der Waals surface area contributed by atoms with Crippen molar-refractivity contribution in [3.8, 4) is 28.7 Å². The number of hydrogen-bond acceptors (Lipinski definition) is 13. The van der Waals surface area contributed by atoms with Gasteiger partial charge in [-0.1, -0.05) is 0 Å². The summed E-state index contributed by atoms with van der Waals surface area (Å²) in [7, 11) is 4.54. The van der Waals surface area contributed by atoms with E-state index >= 15 is 0 Å². The molecule has 0 amide bonds. The van der Waals surface area contributed by atoms with Gasteiger partial charge in [0.05, 0.1) is 33.5 Å². The van der Waals surface area contributed by atoms with Gasteiger partial charge in [-0.3, -0.25) is 0 Å². The fourth-order valence-electron chi connectivity index (χ4n) is 7.10. The Balaban J connectivity index is 1.33. The molecule has 4 heterocycles. The lowest BCUT2D eigenvalue weighted by Gasteiger charge is -2.48. The van der Waals surface area contributed by atoms with Crippen molar-refractivity contribution >= 4 is 0 Å². The highest BCUT2D eigenvalue weighted by Crippen LogP contribution is 2.58. The van der Waals surface area contributed by atoms with E-state index in [1.165, 1.54) is 14.2 Å². The van der Waals surface area contributed by atoms with Crippen LogP contribution in [0.1, 0.15) is 35.6 Å². The highest BCUT2D eigenvalue weighted by molar-refractivity contribution is 5.58. The average Bonchev–Trinajstić information content (AvgIpc) is 3.66. The van der Waals surface area contributed by atoms with Crippen molar-refractivity contribution in [3.05, 3.63) is 41.0 Å². The minimum absolute atomic E-state index is 0.0735. The molecule has 0 spiro atoms. The van der Waals surface area contributed by atoms with Crippen LogP contribution in [0.4, 0.5) is 0 Å². The number of fused-ring (bicyclic) bond motifs is 4. The van der Waals surface area contributed by atoms with Crippen molar-refractivity contribution in [2.45, 2.75) is 62.2 Å². The van der Waals surface area contributed by atoms with Crippen LogP contribution in [0.3, 0.4) is 0 Å². The largest absolute Gasteiger partial charge is 0.502 e. The molecule has 43 heavy (non-hydrogen) atoms. The quantitative estimate of drug-likeness (QED) is 0.440. The molecular formula is C30H36O13.